The Hall–Kier alpha value is -2.53. The summed E-state index contributed by atoms with van der Waals surface area (Å²) in [6.45, 7) is 0.652. The third kappa shape index (κ3) is 2.57. The molecule has 1 aromatic heterocycles. The van der Waals surface area contributed by atoms with Crippen LogP contribution in [0.1, 0.15) is 5.56 Å². The minimum Gasteiger partial charge on any atom is -0.330 e. The number of aromatic nitrogens is 4. The van der Waals surface area contributed by atoms with E-state index in [0.717, 1.165) is 17.7 Å². The molecular formula is C15H15N5. The first-order valence-corrected chi connectivity index (χ1v) is 6.51. The number of tetrazole rings is 1. The molecule has 2 N–H and O–H groups in total. The lowest BCUT2D eigenvalue weighted by Crippen LogP contribution is -2.03. The van der Waals surface area contributed by atoms with E-state index in [-0.39, 0.29) is 0 Å². The fourth-order valence-electron chi connectivity index (χ4n) is 1.99. The minimum absolute atomic E-state index is 0.622. The van der Waals surface area contributed by atoms with Crippen molar-refractivity contribution < 1.29 is 0 Å². The van der Waals surface area contributed by atoms with Crippen LogP contribution in [0.3, 0.4) is 0 Å². The predicted molar refractivity (Wildman–Crippen MR) is 77.3 cm³/mol. The quantitative estimate of drug-likeness (QED) is 0.781. The molecule has 1 heterocycles. The van der Waals surface area contributed by atoms with Gasteiger partial charge < -0.3 is 5.73 Å². The van der Waals surface area contributed by atoms with Crippen LogP contribution in [-0.4, -0.2) is 26.8 Å². The van der Waals surface area contributed by atoms with Gasteiger partial charge in [0.1, 0.15) is 0 Å². The average Bonchev–Trinajstić information content (AvgIpc) is 2.99. The van der Waals surface area contributed by atoms with Crippen molar-refractivity contribution in [2.75, 3.05) is 6.54 Å². The van der Waals surface area contributed by atoms with Gasteiger partial charge in [0.25, 0.3) is 0 Å². The van der Waals surface area contributed by atoms with Gasteiger partial charge in [-0.15, -0.1) is 15.0 Å². The summed E-state index contributed by atoms with van der Waals surface area (Å²) < 4.78 is 0. The highest BCUT2D eigenvalue weighted by molar-refractivity contribution is 5.53. The van der Waals surface area contributed by atoms with E-state index in [1.54, 1.807) is 0 Å². The van der Waals surface area contributed by atoms with Gasteiger partial charge in [-0.05, 0) is 35.9 Å². The van der Waals surface area contributed by atoms with E-state index in [0.29, 0.717) is 12.4 Å². The van der Waals surface area contributed by atoms with Gasteiger partial charge in [0.15, 0.2) is 0 Å². The van der Waals surface area contributed by atoms with Crippen molar-refractivity contribution in [2.24, 2.45) is 5.73 Å². The summed E-state index contributed by atoms with van der Waals surface area (Å²) in [4.78, 5) is 1.54. The number of benzene rings is 2. The van der Waals surface area contributed by atoms with Crippen molar-refractivity contribution >= 4 is 0 Å². The first kappa shape index (κ1) is 12.5. The Kier molecular flexibility index (Phi) is 3.52. The van der Waals surface area contributed by atoms with Gasteiger partial charge in [-0.3, -0.25) is 0 Å². The zero-order valence-corrected chi connectivity index (χ0v) is 11.0. The maximum absolute atomic E-state index is 5.54. The molecule has 0 aliphatic carbocycles. The van der Waals surface area contributed by atoms with Crippen LogP contribution in [0, 0.1) is 0 Å². The highest BCUT2D eigenvalue weighted by atomic mass is 15.6. The Labute approximate surface area is 117 Å². The first-order valence-electron chi connectivity index (χ1n) is 6.51. The fraction of sp³-hybridized carbons (Fsp3) is 0.133. The third-order valence-electron chi connectivity index (χ3n) is 3.05. The summed E-state index contributed by atoms with van der Waals surface area (Å²) in [5.74, 6) is 0.622. The molecule has 0 spiro atoms. The SMILES string of the molecule is NCCc1ccc(-n2nnc(-c3ccccc3)n2)cc1. The van der Waals surface area contributed by atoms with Crippen LogP contribution in [0.25, 0.3) is 17.1 Å². The van der Waals surface area contributed by atoms with Crippen LogP contribution in [0.15, 0.2) is 54.6 Å². The second-order valence-electron chi connectivity index (χ2n) is 4.47. The second-order valence-corrected chi connectivity index (χ2v) is 4.47. The van der Waals surface area contributed by atoms with E-state index in [4.69, 9.17) is 5.73 Å². The molecule has 3 aromatic rings. The molecule has 0 aliphatic heterocycles. The third-order valence-corrected chi connectivity index (χ3v) is 3.05. The monoisotopic (exact) mass is 265 g/mol. The van der Waals surface area contributed by atoms with Gasteiger partial charge in [-0.25, -0.2) is 0 Å². The van der Waals surface area contributed by atoms with Gasteiger partial charge in [0.2, 0.25) is 5.82 Å². The Morgan fingerprint density at radius 3 is 2.40 bits per heavy atom. The van der Waals surface area contributed by atoms with Crippen molar-refractivity contribution in [1.82, 2.24) is 20.2 Å². The van der Waals surface area contributed by atoms with E-state index in [1.165, 1.54) is 10.4 Å². The van der Waals surface area contributed by atoms with Crippen molar-refractivity contribution in [3.05, 3.63) is 60.2 Å². The molecule has 0 atom stereocenters. The summed E-state index contributed by atoms with van der Waals surface area (Å²) in [6, 6.07) is 17.8. The maximum atomic E-state index is 5.54. The molecule has 0 fully saturated rings. The van der Waals surface area contributed by atoms with Gasteiger partial charge in [-0.2, -0.15) is 0 Å². The highest BCUT2D eigenvalue weighted by Gasteiger charge is 2.06. The molecule has 5 nitrogen and oxygen atoms in total. The number of nitrogens with zero attached hydrogens (tertiary/aromatic N) is 4. The van der Waals surface area contributed by atoms with Gasteiger partial charge in [0.05, 0.1) is 5.69 Å². The molecule has 5 heteroatoms. The maximum Gasteiger partial charge on any atom is 0.205 e. The Morgan fingerprint density at radius 2 is 1.70 bits per heavy atom. The molecule has 0 radical (unpaired) electrons. The van der Waals surface area contributed by atoms with E-state index in [1.807, 2.05) is 54.6 Å². The van der Waals surface area contributed by atoms with Gasteiger partial charge >= 0.3 is 0 Å². The summed E-state index contributed by atoms with van der Waals surface area (Å²) in [5, 5.41) is 12.6. The molecule has 0 saturated heterocycles. The molecule has 100 valence electrons. The lowest BCUT2D eigenvalue weighted by molar-refractivity contribution is 0.719. The van der Waals surface area contributed by atoms with E-state index >= 15 is 0 Å². The zero-order valence-electron chi connectivity index (χ0n) is 11.0. The summed E-state index contributed by atoms with van der Waals surface area (Å²) in [7, 11) is 0. The fourth-order valence-corrected chi connectivity index (χ4v) is 1.99. The minimum atomic E-state index is 0.622. The predicted octanol–water partition coefficient (Wildman–Crippen LogP) is 1.83. The standard InChI is InChI=1S/C15H15N5/c16-11-10-12-6-8-14(9-7-12)20-18-15(17-19-20)13-4-2-1-3-5-13/h1-9H,10-11,16H2. The molecule has 0 saturated carbocycles. The zero-order chi connectivity index (χ0) is 13.8. The van der Waals surface area contributed by atoms with Crippen molar-refractivity contribution in [2.45, 2.75) is 6.42 Å². The Bertz CT molecular complexity index is 673. The topological polar surface area (TPSA) is 69.6 Å². The van der Waals surface area contributed by atoms with Crippen LogP contribution < -0.4 is 5.73 Å². The normalized spacial score (nSPS) is 10.7. The first-order chi connectivity index (χ1) is 9.86. The average molecular weight is 265 g/mol. The van der Waals surface area contributed by atoms with Crippen molar-refractivity contribution in [3.8, 4) is 17.1 Å². The van der Waals surface area contributed by atoms with Crippen LogP contribution >= 0.6 is 0 Å². The highest BCUT2D eigenvalue weighted by Crippen LogP contribution is 2.14. The molecule has 0 unspecified atom stereocenters. The van der Waals surface area contributed by atoms with Crippen molar-refractivity contribution in [3.63, 3.8) is 0 Å². The van der Waals surface area contributed by atoms with Crippen LogP contribution in [-0.2, 0) is 6.42 Å². The molecule has 0 amide bonds. The number of hydrogen-bond donors (Lipinski definition) is 1. The largest absolute Gasteiger partial charge is 0.330 e. The lowest BCUT2D eigenvalue weighted by Gasteiger charge is -2.01. The lowest BCUT2D eigenvalue weighted by atomic mass is 10.1. The summed E-state index contributed by atoms with van der Waals surface area (Å²) in [6.07, 6.45) is 0.875. The summed E-state index contributed by atoms with van der Waals surface area (Å²) in [5.41, 5.74) is 8.59. The summed E-state index contributed by atoms with van der Waals surface area (Å²) >= 11 is 0. The molecule has 0 bridgehead atoms. The Morgan fingerprint density at radius 1 is 0.950 bits per heavy atom. The van der Waals surface area contributed by atoms with E-state index in [2.05, 4.69) is 15.4 Å². The molecule has 2 aromatic carbocycles. The van der Waals surface area contributed by atoms with Gasteiger partial charge in [-0.1, -0.05) is 42.5 Å². The molecule has 3 rings (SSSR count). The van der Waals surface area contributed by atoms with E-state index in [9.17, 15) is 0 Å². The molecule has 20 heavy (non-hydrogen) atoms. The molecular weight excluding hydrogens is 250 g/mol. The second kappa shape index (κ2) is 5.63. The van der Waals surface area contributed by atoms with Crippen molar-refractivity contribution in [1.29, 1.82) is 0 Å². The van der Waals surface area contributed by atoms with Crippen LogP contribution in [0.5, 0.6) is 0 Å². The Balaban J connectivity index is 1.86. The number of rotatable bonds is 4. The number of nitrogens with two attached hydrogens (primary N) is 1. The molecule has 0 aliphatic rings. The van der Waals surface area contributed by atoms with Crippen LogP contribution in [0.4, 0.5) is 0 Å². The smallest absolute Gasteiger partial charge is 0.205 e. The van der Waals surface area contributed by atoms with Gasteiger partial charge in [0, 0.05) is 5.56 Å². The van der Waals surface area contributed by atoms with Crippen LogP contribution in [0.2, 0.25) is 0 Å². The van der Waals surface area contributed by atoms with E-state index < -0.39 is 0 Å². The number of hydrogen-bond acceptors (Lipinski definition) is 4.